The minimum atomic E-state index is -3.85. The number of sulfonamides is 1. The number of carbonyl (C=O) groups is 1. The first-order valence-corrected chi connectivity index (χ1v) is 10.0. The summed E-state index contributed by atoms with van der Waals surface area (Å²) < 4.78 is 28.0. The molecule has 142 valence electrons. The molecule has 0 aromatic heterocycles. The summed E-state index contributed by atoms with van der Waals surface area (Å²) in [5.41, 5.74) is 2.13. The number of aliphatic carboxylic acids is 1. The normalized spacial score (nSPS) is 11.8. The fourth-order valence-electron chi connectivity index (χ4n) is 2.70. The number of carboxylic acids is 1. The molecular formula is C22H19NO4S. The number of aryl methyl sites for hydroxylation is 1. The molecule has 0 fully saturated rings. The lowest BCUT2D eigenvalue weighted by molar-refractivity contribution is -0.130. The van der Waals surface area contributed by atoms with E-state index >= 15 is 0 Å². The summed E-state index contributed by atoms with van der Waals surface area (Å²) in [5, 5.41) is 9.71. The van der Waals surface area contributed by atoms with Crippen LogP contribution in [0.5, 0.6) is 0 Å². The molecule has 0 saturated heterocycles. The lowest BCUT2D eigenvalue weighted by atomic mass is 10.0. The van der Waals surface area contributed by atoms with Crippen molar-refractivity contribution in [3.8, 4) is 0 Å². The quantitative estimate of drug-likeness (QED) is 0.480. The first-order chi connectivity index (χ1) is 13.4. The number of rotatable bonds is 6. The molecule has 0 aliphatic rings. The molecule has 0 saturated carbocycles. The van der Waals surface area contributed by atoms with Gasteiger partial charge in [-0.3, -0.25) is 4.72 Å². The molecule has 0 amide bonds. The third-order valence-electron chi connectivity index (χ3n) is 4.13. The average Bonchev–Trinajstić information content (AvgIpc) is 2.67. The van der Waals surface area contributed by atoms with Crippen LogP contribution in [0, 0.1) is 6.92 Å². The van der Waals surface area contributed by atoms with Gasteiger partial charge in [0, 0.05) is 5.56 Å². The van der Waals surface area contributed by atoms with E-state index in [1.165, 1.54) is 18.2 Å². The van der Waals surface area contributed by atoms with Gasteiger partial charge in [-0.05, 0) is 36.8 Å². The lowest BCUT2D eigenvalue weighted by Gasteiger charge is -2.13. The van der Waals surface area contributed by atoms with Crippen LogP contribution in [0.3, 0.4) is 0 Å². The Balaban J connectivity index is 2.04. The van der Waals surface area contributed by atoms with Crippen molar-refractivity contribution < 1.29 is 18.3 Å². The molecule has 3 aromatic rings. The molecule has 0 radical (unpaired) electrons. The molecule has 2 N–H and O–H groups in total. The number of nitrogens with one attached hydrogen (secondary N) is 1. The van der Waals surface area contributed by atoms with Gasteiger partial charge in [-0.1, -0.05) is 66.2 Å². The van der Waals surface area contributed by atoms with Crippen molar-refractivity contribution in [2.45, 2.75) is 11.8 Å². The van der Waals surface area contributed by atoms with Crippen LogP contribution in [0.1, 0.15) is 16.7 Å². The largest absolute Gasteiger partial charge is 0.478 e. The average molecular weight is 393 g/mol. The van der Waals surface area contributed by atoms with Gasteiger partial charge in [-0.15, -0.1) is 0 Å². The Morgan fingerprint density at radius 2 is 1.50 bits per heavy atom. The number of hydrogen-bond acceptors (Lipinski definition) is 3. The van der Waals surface area contributed by atoms with Crippen LogP contribution in [-0.4, -0.2) is 19.5 Å². The third-order valence-corrected chi connectivity index (χ3v) is 5.52. The van der Waals surface area contributed by atoms with Gasteiger partial charge in [0.2, 0.25) is 0 Å². The van der Waals surface area contributed by atoms with Crippen LogP contribution in [0.25, 0.3) is 11.6 Å². The zero-order valence-electron chi connectivity index (χ0n) is 15.2. The van der Waals surface area contributed by atoms with Crippen LogP contribution in [0.15, 0.2) is 83.8 Å². The number of benzene rings is 3. The van der Waals surface area contributed by atoms with E-state index in [1.807, 2.05) is 13.0 Å². The molecule has 3 rings (SSSR count). The second kappa shape index (κ2) is 8.10. The van der Waals surface area contributed by atoms with Gasteiger partial charge in [-0.2, -0.15) is 0 Å². The molecule has 0 bridgehead atoms. The van der Waals surface area contributed by atoms with Crippen LogP contribution in [-0.2, 0) is 14.8 Å². The highest BCUT2D eigenvalue weighted by molar-refractivity contribution is 7.92. The van der Waals surface area contributed by atoms with Gasteiger partial charge in [0.05, 0.1) is 16.2 Å². The molecule has 0 aliphatic heterocycles. The Bertz CT molecular complexity index is 1120. The zero-order valence-corrected chi connectivity index (χ0v) is 16.0. The van der Waals surface area contributed by atoms with Crippen molar-refractivity contribution in [2.75, 3.05) is 4.72 Å². The van der Waals surface area contributed by atoms with Crippen molar-refractivity contribution in [1.29, 1.82) is 0 Å². The maximum Gasteiger partial charge on any atom is 0.336 e. The molecule has 0 aliphatic carbocycles. The lowest BCUT2D eigenvalue weighted by Crippen LogP contribution is -2.15. The van der Waals surface area contributed by atoms with Crippen molar-refractivity contribution >= 4 is 33.3 Å². The minimum absolute atomic E-state index is 0.00611. The van der Waals surface area contributed by atoms with E-state index in [1.54, 1.807) is 60.7 Å². The summed E-state index contributed by atoms with van der Waals surface area (Å²) in [6.07, 6.45) is 1.52. The summed E-state index contributed by atoms with van der Waals surface area (Å²) in [7, 11) is -3.85. The Hall–Kier alpha value is -3.38. The van der Waals surface area contributed by atoms with Gasteiger partial charge < -0.3 is 5.11 Å². The summed E-state index contributed by atoms with van der Waals surface area (Å²) in [5.74, 6) is -1.15. The van der Waals surface area contributed by atoms with Gasteiger partial charge in [0.25, 0.3) is 10.0 Å². The number of para-hydroxylation sites is 1. The number of hydrogen-bond donors (Lipinski definition) is 2. The van der Waals surface area contributed by atoms with Gasteiger partial charge in [-0.25, -0.2) is 13.2 Å². The van der Waals surface area contributed by atoms with E-state index in [0.717, 1.165) is 5.56 Å². The van der Waals surface area contributed by atoms with Crippen molar-refractivity contribution in [1.82, 2.24) is 0 Å². The minimum Gasteiger partial charge on any atom is -0.478 e. The van der Waals surface area contributed by atoms with E-state index in [4.69, 9.17) is 0 Å². The monoisotopic (exact) mass is 393 g/mol. The smallest absolute Gasteiger partial charge is 0.336 e. The van der Waals surface area contributed by atoms with E-state index in [2.05, 4.69) is 4.72 Å². The summed E-state index contributed by atoms with van der Waals surface area (Å²) in [4.78, 5) is 12.0. The standard InChI is InChI=1S/C22H19NO4S/c1-16-11-13-18(14-12-16)28(26,27)23-21-10-6-5-9-19(21)20(22(24)25)15-17-7-3-2-4-8-17/h2-15,23H,1H3,(H,24,25)/b20-15+. The van der Waals surface area contributed by atoms with Crippen molar-refractivity contribution in [2.24, 2.45) is 0 Å². The second-order valence-corrected chi connectivity index (χ2v) is 7.92. The van der Waals surface area contributed by atoms with Crippen molar-refractivity contribution in [3.63, 3.8) is 0 Å². The van der Waals surface area contributed by atoms with Crippen LogP contribution in [0.2, 0.25) is 0 Å². The predicted octanol–water partition coefficient (Wildman–Crippen LogP) is 4.42. The van der Waals surface area contributed by atoms with E-state index in [9.17, 15) is 18.3 Å². The van der Waals surface area contributed by atoms with Gasteiger partial charge >= 0.3 is 5.97 Å². The number of carboxylic acid groups (broad SMARTS) is 1. The molecule has 6 heteroatoms. The molecule has 3 aromatic carbocycles. The Morgan fingerprint density at radius 3 is 2.14 bits per heavy atom. The highest BCUT2D eigenvalue weighted by Gasteiger charge is 2.19. The van der Waals surface area contributed by atoms with Gasteiger partial charge in [0.1, 0.15) is 0 Å². The molecule has 0 unspecified atom stereocenters. The summed E-state index contributed by atoms with van der Waals surface area (Å²) in [6.45, 7) is 1.87. The first-order valence-electron chi connectivity index (χ1n) is 8.56. The molecule has 28 heavy (non-hydrogen) atoms. The Kier molecular flexibility index (Phi) is 5.61. The SMILES string of the molecule is Cc1ccc(S(=O)(=O)Nc2ccccc2/C(=C\c2ccccc2)C(=O)O)cc1. The molecular weight excluding hydrogens is 374 g/mol. The van der Waals surface area contributed by atoms with E-state index in [-0.39, 0.29) is 21.7 Å². The maximum atomic E-state index is 12.7. The first kappa shape index (κ1) is 19.4. The zero-order chi connectivity index (χ0) is 20.1. The molecule has 5 nitrogen and oxygen atoms in total. The second-order valence-electron chi connectivity index (χ2n) is 6.24. The number of anilines is 1. The molecule has 0 heterocycles. The van der Waals surface area contributed by atoms with Crippen LogP contribution >= 0.6 is 0 Å². The van der Waals surface area contributed by atoms with Crippen LogP contribution < -0.4 is 4.72 Å². The van der Waals surface area contributed by atoms with Crippen molar-refractivity contribution in [3.05, 3.63) is 95.6 Å². The van der Waals surface area contributed by atoms with E-state index in [0.29, 0.717) is 5.56 Å². The molecule has 0 spiro atoms. The van der Waals surface area contributed by atoms with Gasteiger partial charge in [0.15, 0.2) is 0 Å². The fourth-order valence-corrected chi connectivity index (χ4v) is 3.78. The highest BCUT2D eigenvalue weighted by atomic mass is 32.2. The van der Waals surface area contributed by atoms with E-state index < -0.39 is 16.0 Å². The predicted molar refractivity (Wildman–Crippen MR) is 110 cm³/mol. The highest BCUT2D eigenvalue weighted by Crippen LogP contribution is 2.28. The fraction of sp³-hybridized carbons (Fsp3) is 0.0455. The van der Waals surface area contributed by atoms with Crippen LogP contribution in [0.4, 0.5) is 5.69 Å². The maximum absolute atomic E-state index is 12.7. The Morgan fingerprint density at radius 1 is 0.893 bits per heavy atom. The topological polar surface area (TPSA) is 83.5 Å². The Labute approximate surface area is 164 Å². The summed E-state index contributed by atoms with van der Waals surface area (Å²) in [6, 6.07) is 21.9. The summed E-state index contributed by atoms with van der Waals surface area (Å²) >= 11 is 0. The molecule has 0 atom stereocenters. The third kappa shape index (κ3) is 4.47.